The van der Waals surface area contributed by atoms with Gasteiger partial charge in [-0.15, -0.1) is 0 Å². The van der Waals surface area contributed by atoms with E-state index in [1.165, 1.54) is 0 Å². The first-order valence-corrected chi connectivity index (χ1v) is 8.80. The molecule has 1 aromatic carbocycles. The average molecular weight is 402 g/mol. The normalized spacial score (nSPS) is 15.6. The van der Waals surface area contributed by atoms with Crippen LogP contribution in [0.5, 0.6) is 0 Å². The molecular weight excluding hydrogens is 386 g/mol. The predicted octanol–water partition coefficient (Wildman–Crippen LogP) is 3.34. The van der Waals surface area contributed by atoms with Gasteiger partial charge < -0.3 is 9.84 Å². The van der Waals surface area contributed by atoms with E-state index in [0.29, 0.717) is 17.4 Å². The van der Waals surface area contributed by atoms with Gasteiger partial charge in [-0.2, -0.15) is 10.1 Å². The fourth-order valence-corrected chi connectivity index (χ4v) is 3.18. The molecule has 128 valence electrons. The molecule has 1 fully saturated rings. The summed E-state index contributed by atoms with van der Waals surface area (Å²) in [4.78, 5) is 16.9. The summed E-state index contributed by atoms with van der Waals surface area (Å²) in [6.45, 7) is 1.74. The Morgan fingerprint density at radius 1 is 1.32 bits per heavy atom. The van der Waals surface area contributed by atoms with Crippen molar-refractivity contribution in [2.45, 2.75) is 31.7 Å². The van der Waals surface area contributed by atoms with Crippen molar-refractivity contribution in [3.63, 3.8) is 0 Å². The number of amides is 1. The molecule has 7 nitrogen and oxygen atoms in total. The van der Waals surface area contributed by atoms with Crippen LogP contribution < -0.4 is 5.32 Å². The van der Waals surface area contributed by atoms with E-state index in [1.54, 1.807) is 13.0 Å². The van der Waals surface area contributed by atoms with E-state index in [0.717, 1.165) is 35.0 Å². The molecule has 0 saturated heterocycles. The molecule has 1 aliphatic carbocycles. The van der Waals surface area contributed by atoms with Crippen LogP contribution in [-0.2, 0) is 5.54 Å². The molecule has 4 rings (SSSR count). The highest BCUT2D eigenvalue weighted by molar-refractivity contribution is 9.10. The lowest BCUT2D eigenvalue weighted by atomic mass is 9.76. The maximum Gasteiger partial charge on any atom is 0.270 e. The highest BCUT2D eigenvalue weighted by atomic mass is 79.9. The van der Waals surface area contributed by atoms with Gasteiger partial charge in [0.05, 0.1) is 5.69 Å². The molecule has 0 spiro atoms. The maximum absolute atomic E-state index is 12.7. The molecule has 1 amide bonds. The van der Waals surface area contributed by atoms with Crippen molar-refractivity contribution < 1.29 is 9.32 Å². The van der Waals surface area contributed by atoms with Gasteiger partial charge in [-0.05, 0) is 37.5 Å². The average Bonchev–Trinajstić information content (AvgIpc) is 3.21. The molecule has 0 radical (unpaired) electrons. The number of carbonyl (C=O) groups is 1. The number of halogens is 1. The van der Waals surface area contributed by atoms with Gasteiger partial charge in [0.1, 0.15) is 11.2 Å². The number of nitrogens with zero attached hydrogens (tertiary/aromatic N) is 3. The number of aromatic nitrogens is 4. The second kappa shape index (κ2) is 6.11. The van der Waals surface area contributed by atoms with Gasteiger partial charge in [0.25, 0.3) is 5.91 Å². The summed E-state index contributed by atoms with van der Waals surface area (Å²) in [5, 5.41) is 14.1. The molecule has 0 atom stereocenters. The Hall–Kier alpha value is -2.48. The zero-order chi connectivity index (χ0) is 17.4. The van der Waals surface area contributed by atoms with Crippen LogP contribution >= 0.6 is 15.9 Å². The Balaban J connectivity index is 1.54. The molecule has 2 N–H and O–H groups in total. The topological polar surface area (TPSA) is 96.7 Å². The quantitative estimate of drug-likeness (QED) is 0.698. The molecule has 1 aliphatic rings. The Labute approximate surface area is 152 Å². The lowest BCUT2D eigenvalue weighted by Crippen LogP contribution is -2.51. The lowest BCUT2D eigenvalue weighted by molar-refractivity contribution is 0.0799. The van der Waals surface area contributed by atoms with Crippen molar-refractivity contribution in [1.29, 1.82) is 0 Å². The second-order valence-corrected chi connectivity index (χ2v) is 7.12. The van der Waals surface area contributed by atoms with Crippen LogP contribution in [0.25, 0.3) is 11.3 Å². The van der Waals surface area contributed by atoms with Crippen LogP contribution in [0, 0.1) is 6.92 Å². The number of aromatic amines is 1. The third-order valence-corrected chi connectivity index (χ3v) is 5.01. The first kappa shape index (κ1) is 16.0. The van der Waals surface area contributed by atoms with Crippen molar-refractivity contribution in [1.82, 2.24) is 25.7 Å². The van der Waals surface area contributed by atoms with Crippen LogP contribution in [0.4, 0.5) is 0 Å². The van der Waals surface area contributed by atoms with E-state index >= 15 is 0 Å². The minimum Gasteiger partial charge on any atom is -0.340 e. The van der Waals surface area contributed by atoms with Crippen LogP contribution in [0.15, 0.2) is 39.3 Å². The van der Waals surface area contributed by atoms with Crippen LogP contribution in [0.3, 0.4) is 0 Å². The van der Waals surface area contributed by atoms with Crippen molar-refractivity contribution in [2.24, 2.45) is 0 Å². The first-order chi connectivity index (χ1) is 12.1. The number of H-pyrrole nitrogens is 1. The molecule has 8 heteroatoms. The van der Waals surface area contributed by atoms with Gasteiger partial charge in [0.15, 0.2) is 5.82 Å². The number of rotatable bonds is 4. The third-order valence-electron chi connectivity index (χ3n) is 4.48. The zero-order valence-corrected chi connectivity index (χ0v) is 15.1. The summed E-state index contributed by atoms with van der Waals surface area (Å²) in [6, 6.07) is 9.50. The molecule has 0 unspecified atom stereocenters. The number of nitrogens with one attached hydrogen (secondary N) is 2. The Bertz CT molecular complexity index is 911. The van der Waals surface area contributed by atoms with Crippen LogP contribution in [0.1, 0.15) is 41.5 Å². The summed E-state index contributed by atoms with van der Waals surface area (Å²) >= 11 is 3.41. The second-order valence-electron chi connectivity index (χ2n) is 6.20. The third kappa shape index (κ3) is 2.97. The minimum atomic E-state index is -0.544. The van der Waals surface area contributed by atoms with E-state index in [1.807, 2.05) is 24.3 Å². The number of benzene rings is 1. The van der Waals surface area contributed by atoms with E-state index in [-0.39, 0.29) is 5.91 Å². The summed E-state index contributed by atoms with van der Waals surface area (Å²) in [5.41, 5.74) is 1.52. The molecule has 0 aliphatic heterocycles. The van der Waals surface area contributed by atoms with E-state index < -0.39 is 5.54 Å². The Morgan fingerprint density at radius 2 is 2.08 bits per heavy atom. The van der Waals surface area contributed by atoms with E-state index in [9.17, 15) is 4.79 Å². The molecule has 2 aromatic heterocycles. The molecular formula is C17H16BrN5O2. The fraction of sp³-hybridized carbons (Fsp3) is 0.294. The van der Waals surface area contributed by atoms with Gasteiger partial charge in [-0.3, -0.25) is 9.89 Å². The number of carbonyl (C=O) groups excluding carboxylic acids is 1. The van der Waals surface area contributed by atoms with Gasteiger partial charge in [0.2, 0.25) is 5.89 Å². The van der Waals surface area contributed by atoms with E-state index in [4.69, 9.17) is 4.52 Å². The summed E-state index contributed by atoms with van der Waals surface area (Å²) in [7, 11) is 0. The van der Waals surface area contributed by atoms with Crippen LogP contribution in [-0.4, -0.2) is 26.2 Å². The summed E-state index contributed by atoms with van der Waals surface area (Å²) < 4.78 is 6.06. The van der Waals surface area contributed by atoms with Crippen molar-refractivity contribution in [3.8, 4) is 11.3 Å². The predicted molar refractivity (Wildman–Crippen MR) is 93.8 cm³/mol. The number of hydrogen-bond donors (Lipinski definition) is 2. The maximum atomic E-state index is 12.7. The summed E-state index contributed by atoms with van der Waals surface area (Å²) in [5.74, 6) is 0.810. The zero-order valence-electron chi connectivity index (χ0n) is 13.5. The highest BCUT2D eigenvalue weighted by Gasteiger charge is 2.44. The Morgan fingerprint density at radius 3 is 2.68 bits per heavy atom. The van der Waals surface area contributed by atoms with Crippen molar-refractivity contribution >= 4 is 21.8 Å². The lowest BCUT2D eigenvalue weighted by Gasteiger charge is -2.39. The molecule has 25 heavy (non-hydrogen) atoms. The largest absolute Gasteiger partial charge is 0.340 e. The number of aryl methyl sites for hydroxylation is 1. The van der Waals surface area contributed by atoms with Gasteiger partial charge in [-0.25, -0.2) is 0 Å². The van der Waals surface area contributed by atoms with Crippen LogP contribution in [0.2, 0.25) is 0 Å². The van der Waals surface area contributed by atoms with Gasteiger partial charge in [-0.1, -0.05) is 33.2 Å². The smallest absolute Gasteiger partial charge is 0.270 e. The summed E-state index contributed by atoms with van der Waals surface area (Å²) in [6.07, 6.45) is 2.61. The van der Waals surface area contributed by atoms with Gasteiger partial charge >= 0.3 is 0 Å². The molecule has 2 heterocycles. The van der Waals surface area contributed by atoms with Crippen molar-refractivity contribution in [2.75, 3.05) is 0 Å². The van der Waals surface area contributed by atoms with Crippen molar-refractivity contribution in [3.05, 3.63) is 52.2 Å². The van der Waals surface area contributed by atoms with Gasteiger partial charge in [0, 0.05) is 17.0 Å². The standard InChI is InChI=1S/C17H16BrN5O2/c1-10-19-16(23-25-10)17(7-2-8-17)20-15(24)14-9-13(21-22-14)11-3-5-12(18)6-4-11/h3-6,9H,2,7-8H2,1H3,(H,20,24)(H,21,22). The molecule has 0 bridgehead atoms. The highest BCUT2D eigenvalue weighted by Crippen LogP contribution is 2.40. The first-order valence-electron chi connectivity index (χ1n) is 8.00. The monoisotopic (exact) mass is 401 g/mol. The SMILES string of the molecule is Cc1nc(C2(NC(=O)c3cc(-c4ccc(Br)cc4)n[nH]3)CCC2)no1. The molecule has 1 saturated carbocycles. The van der Waals surface area contributed by atoms with E-state index in [2.05, 4.69) is 41.6 Å². The Kier molecular flexibility index (Phi) is 3.91. The molecule has 3 aromatic rings. The fourth-order valence-electron chi connectivity index (χ4n) is 2.92. The minimum absolute atomic E-state index is 0.224. The number of hydrogen-bond acceptors (Lipinski definition) is 5.